The van der Waals surface area contributed by atoms with Gasteiger partial charge in [-0.3, -0.25) is 4.79 Å². The van der Waals surface area contributed by atoms with Crippen molar-refractivity contribution in [1.82, 2.24) is 9.88 Å². The number of carbonyl (C=O) groups excluding carboxylic acids is 1. The molecule has 4 rings (SSSR count). The number of benzene rings is 1. The van der Waals surface area contributed by atoms with Crippen molar-refractivity contribution >= 4 is 65.4 Å². The Kier molecular flexibility index (Phi) is 5.34. The third-order valence-corrected chi connectivity index (χ3v) is 8.07. The number of hydrogen-bond acceptors (Lipinski definition) is 7. The van der Waals surface area contributed by atoms with E-state index in [0.29, 0.717) is 42.5 Å². The maximum atomic E-state index is 12.5. The number of fused-ring (bicyclic) bond motifs is 1. The van der Waals surface area contributed by atoms with Gasteiger partial charge in [-0.2, -0.15) is 0 Å². The van der Waals surface area contributed by atoms with Crippen LogP contribution in [0.2, 0.25) is 4.34 Å². The fraction of sp³-hybridized carbons (Fsp3) is 0.333. The first-order chi connectivity index (χ1) is 13.3. The van der Waals surface area contributed by atoms with Gasteiger partial charge in [0, 0.05) is 37.3 Å². The molecule has 1 amide bonds. The average molecular weight is 456 g/mol. The maximum absolute atomic E-state index is 12.5. The number of rotatable bonds is 4. The van der Waals surface area contributed by atoms with Crippen molar-refractivity contribution in [2.45, 2.75) is 11.3 Å². The van der Waals surface area contributed by atoms with Crippen LogP contribution in [-0.2, 0) is 21.1 Å². The van der Waals surface area contributed by atoms with Gasteiger partial charge < -0.3 is 9.80 Å². The molecule has 6 nitrogen and oxygen atoms in total. The van der Waals surface area contributed by atoms with Gasteiger partial charge in [-0.1, -0.05) is 29.0 Å². The lowest BCUT2D eigenvalue weighted by atomic mass is 10.2. The highest BCUT2D eigenvalue weighted by atomic mass is 35.5. The standard InChI is InChI=1S/C18H18ClN3O3S3/c1-28(24,25)14-4-2-3-13-17(14)20-18(27-13)22-9-7-21(8-10-22)16(23)11-12-5-6-15(19)26-12/h2-6H,7-11H2,1H3. The van der Waals surface area contributed by atoms with Gasteiger partial charge in [-0.15, -0.1) is 11.3 Å². The number of aromatic nitrogens is 1. The summed E-state index contributed by atoms with van der Waals surface area (Å²) in [5.74, 6) is 0.0989. The molecule has 0 radical (unpaired) electrons. The van der Waals surface area contributed by atoms with Crippen LogP contribution in [0.3, 0.4) is 0 Å². The van der Waals surface area contributed by atoms with Gasteiger partial charge in [0.15, 0.2) is 15.0 Å². The summed E-state index contributed by atoms with van der Waals surface area (Å²) in [6.07, 6.45) is 1.57. The third kappa shape index (κ3) is 4.03. The fourth-order valence-corrected chi connectivity index (χ4v) is 6.22. The first kappa shape index (κ1) is 19.6. The zero-order chi connectivity index (χ0) is 19.9. The molecule has 3 aromatic rings. The Hall–Kier alpha value is -1.68. The number of para-hydroxylation sites is 1. The molecule has 28 heavy (non-hydrogen) atoms. The van der Waals surface area contributed by atoms with Crippen molar-refractivity contribution in [3.63, 3.8) is 0 Å². The largest absolute Gasteiger partial charge is 0.345 e. The molecule has 3 heterocycles. The van der Waals surface area contributed by atoms with E-state index in [9.17, 15) is 13.2 Å². The lowest BCUT2D eigenvalue weighted by Crippen LogP contribution is -2.49. The quantitative estimate of drug-likeness (QED) is 0.603. The molecular formula is C18H18ClN3O3S3. The zero-order valence-electron chi connectivity index (χ0n) is 15.1. The Morgan fingerprint density at radius 3 is 2.54 bits per heavy atom. The van der Waals surface area contributed by atoms with Crippen molar-refractivity contribution in [2.75, 3.05) is 37.3 Å². The van der Waals surface area contributed by atoms with E-state index in [4.69, 9.17) is 11.6 Å². The van der Waals surface area contributed by atoms with Gasteiger partial charge in [-0.05, 0) is 24.3 Å². The molecule has 0 aliphatic carbocycles. The van der Waals surface area contributed by atoms with E-state index in [2.05, 4.69) is 9.88 Å². The van der Waals surface area contributed by atoms with Crippen LogP contribution < -0.4 is 4.90 Å². The second-order valence-corrected chi connectivity index (χ2v) is 11.4. The van der Waals surface area contributed by atoms with Gasteiger partial charge in [0.1, 0.15) is 5.52 Å². The number of amides is 1. The van der Waals surface area contributed by atoms with E-state index in [-0.39, 0.29) is 10.8 Å². The zero-order valence-corrected chi connectivity index (χ0v) is 18.3. The summed E-state index contributed by atoms with van der Waals surface area (Å²) in [5, 5.41) is 0.795. The molecule has 1 aliphatic heterocycles. The molecule has 1 aromatic carbocycles. The predicted molar refractivity (Wildman–Crippen MR) is 115 cm³/mol. The van der Waals surface area contributed by atoms with Crippen LogP contribution in [0.25, 0.3) is 10.2 Å². The van der Waals surface area contributed by atoms with Crippen molar-refractivity contribution < 1.29 is 13.2 Å². The number of anilines is 1. The van der Waals surface area contributed by atoms with Crippen LogP contribution in [0.15, 0.2) is 35.2 Å². The van der Waals surface area contributed by atoms with Gasteiger partial charge in [0.05, 0.1) is 20.4 Å². The molecule has 1 saturated heterocycles. The lowest BCUT2D eigenvalue weighted by Gasteiger charge is -2.34. The van der Waals surface area contributed by atoms with E-state index >= 15 is 0 Å². The number of hydrogen-bond donors (Lipinski definition) is 0. The van der Waals surface area contributed by atoms with Crippen molar-refractivity contribution in [3.05, 3.63) is 39.5 Å². The number of nitrogens with zero attached hydrogens (tertiary/aromatic N) is 3. The van der Waals surface area contributed by atoms with Crippen molar-refractivity contribution in [3.8, 4) is 0 Å². The Morgan fingerprint density at radius 2 is 1.89 bits per heavy atom. The number of sulfone groups is 1. The topological polar surface area (TPSA) is 70.6 Å². The maximum Gasteiger partial charge on any atom is 0.227 e. The SMILES string of the molecule is CS(=O)(=O)c1cccc2sc(N3CCN(C(=O)Cc4ccc(Cl)s4)CC3)nc12. The molecule has 1 aliphatic rings. The molecule has 2 aromatic heterocycles. The Labute approximate surface area is 176 Å². The second-order valence-electron chi connectivity index (χ2n) is 6.62. The summed E-state index contributed by atoms with van der Waals surface area (Å²) in [6, 6.07) is 8.92. The summed E-state index contributed by atoms with van der Waals surface area (Å²) in [7, 11) is -3.33. The highest BCUT2D eigenvalue weighted by Gasteiger charge is 2.24. The van der Waals surface area contributed by atoms with Crippen LogP contribution >= 0.6 is 34.3 Å². The van der Waals surface area contributed by atoms with E-state index in [0.717, 1.165) is 14.7 Å². The molecule has 148 valence electrons. The number of thiazole rings is 1. The van der Waals surface area contributed by atoms with Gasteiger partial charge in [-0.25, -0.2) is 13.4 Å². The minimum Gasteiger partial charge on any atom is -0.345 e. The van der Waals surface area contributed by atoms with E-state index in [1.54, 1.807) is 12.1 Å². The minimum atomic E-state index is -3.33. The number of halogens is 1. The predicted octanol–water partition coefficient (Wildman–Crippen LogP) is 3.31. The monoisotopic (exact) mass is 455 g/mol. The fourth-order valence-electron chi connectivity index (χ4n) is 3.20. The van der Waals surface area contributed by atoms with Crippen LogP contribution in [0.1, 0.15) is 4.88 Å². The molecule has 10 heteroatoms. The summed E-state index contributed by atoms with van der Waals surface area (Å²) >= 11 is 8.85. The summed E-state index contributed by atoms with van der Waals surface area (Å²) in [5.41, 5.74) is 0.526. The van der Waals surface area contributed by atoms with Crippen LogP contribution in [-0.4, -0.2) is 56.6 Å². The van der Waals surface area contributed by atoms with E-state index < -0.39 is 9.84 Å². The Balaban J connectivity index is 1.46. The normalized spacial score (nSPS) is 15.4. The number of thiophene rings is 1. The highest BCUT2D eigenvalue weighted by Crippen LogP contribution is 2.33. The molecular weight excluding hydrogens is 438 g/mol. The smallest absolute Gasteiger partial charge is 0.227 e. The lowest BCUT2D eigenvalue weighted by molar-refractivity contribution is -0.130. The Bertz CT molecular complexity index is 1130. The van der Waals surface area contributed by atoms with Crippen LogP contribution in [0, 0.1) is 0 Å². The molecule has 0 spiro atoms. The molecule has 0 saturated carbocycles. The van der Waals surface area contributed by atoms with Crippen LogP contribution in [0.4, 0.5) is 5.13 Å². The number of piperazine rings is 1. The van der Waals surface area contributed by atoms with Crippen molar-refractivity contribution in [2.24, 2.45) is 0 Å². The summed E-state index contributed by atoms with van der Waals surface area (Å²) in [6.45, 7) is 2.58. The van der Waals surface area contributed by atoms with E-state index in [1.807, 2.05) is 23.1 Å². The second kappa shape index (κ2) is 7.62. The van der Waals surface area contributed by atoms with Crippen molar-refractivity contribution in [1.29, 1.82) is 0 Å². The summed E-state index contributed by atoms with van der Waals surface area (Å²) in [4.78, 5) is 22.3. The molecule has 1 fully saturated rings. The van der Waals surface area contributed by atoms with Crippen LogP contribution in [0.5, 0.6) is 0 Å². The third-order valence-electron chi connectivity index (χ3n) is 4.63. The molecule has 0 unspecified atom stereocenters. The van der Waals surface area contributed by atoms with Gasteiger partial charge >= 0.3 is 0 Å². The summed E-state index contributed by atoms with van der Waals surface area (Å²) < 4.78 is 25.5. The van der Waals surface area contributed by atoms with E-state index in [1.165, 1.54) is 28.9 Å². The molecule has 0 N–H and O–H groups in total. The first-order valence-electron chi connectivity index (χ1n) is 8.68. The average Bonchev–Trinajstić information content (AvgIpc) is 3.26. The highest BCUT2D eigenvalue weighted by molar-refractivity contribution is 7.91. The first-order valence-corrected chi connectivity index (χ1v) is 12.6. The molecule has 0 bridgehead atoms. The van der Waals surface area contributed by atoms with Gasteiger partial charge in [0.25, 0.3) is 0 Å². The van der Waals surface area contributed by atoms with Gasteiger partial charge in [0.2, 0.25) is 5.91 Å². The molecule has 0 atom stereocenters. The Morgan fingerprint density at radius 1 is 1.14 bits per heavy atom. The minimum absolute atomic E-state index is 0.0989. The number of carbonyl (C=O) groups is 1.